The number of amides is 2. The number of carbonyl (C=O) groups is 2. The van der Waals surface area contributed by atoms with Crippen molar-refractivity contribution in [2.75, 3.05) is 18.4 Å². The van der Waals surface area contributed by atoms with E-state index >= 15 is 0 Å². The molecular formula is C14H20Cl2N4O3S. The van der Waals surface area contributed by atoms with Gasteiger partial charge in [0.2, 0.25) is 5.91 Å². The van der Waals surface area contributed by atoms with E-state index in [0.29, 0.717) is 35.2 Å². The van der Waals surface area contributed by atoms with Gasteiger partial charge < -0.3 is 15.5 Å². The summed E-state index contributed by atoms with van der Waals surface area (Å²) in [7, 11) is 0. The number of thiazole rings is 1. The molecule has 0 radical (unpaired) electrons. The zero-order valence-electron chi connectivity index (χ0n) is 13.0. The largest absolute Gasteiger partial charge is 0.469 e. The lowest BCUT2D eigenvalue weighted by atomic mass is 10.2. The summed E-state index contributed by atoms with van der Waals surface area (Å²) in [6, 6.07) is 1.60. The molecule has 2 amide bonds. The lowest BCUT2D eigenvalue weighted by molar-refractivity contribution is -0.120. The van der Waals surface area contributed by atoms with Crippen molar-refractivity contribution in [2.24, 2.45) is 5.73 Å². The van der Waals surface area contributed by atoms with Crippen molar-refractivity contribution >= 4 is 53.1 Å². The van der Waals surface area contributed by atoms with Crippen LogP contribution < -0.4 is 16.4 Å². The number of nitrogens with one attached hydrogen (secondary N) is 2. The molecule has 0 saturated heterocycles. The predicted molar refractivity (Wildman–Crippen MR) is 98.4 cm³/mol. The van der Waals surface area contributed by atoms with Gasteiger partial charge in [0.15, 0.2) is 5.13 Å². The maximum Gasteiger partial charge on any atom is 0.260 e. The number of hydrogen-bond donors (Lipinski definition) is 3. The molecule has 10 heteroatoms. The minimum atomic E-state index is -0.278. The number of anilines is 1. The second kappa shape index (κ2) is 11.0. The molecule has 0 saturated carbocycles. The number of carbonyl (C=O) groups excluding carboxylic acids is 2. The highest BCUT2D eigenvalue weighted by atomic mass is 35.5. The average molecular weight is 395 g/mol. The first-order chi connectivity index (χ1) is 10.6. The van der Waals surface area contributed by atoms with Crippen molar-refractivity contribution in [1.29, 1.82) is 0 Å². The van der Waals surface area contributed by atoms with E-state index in [4.69, 9.17) is 10.2 Å². The van der Waals surface area contributed by atoms with E-state index in [1.165, 1.54) is 17.6 Å². The molecular weight excluding hydrogens is 375 g/mol. The fourth-order valence-corrected chi connectivity index (χ4v) is 2.49. The zero-order valence-corrected chi connectivity index (χ0v) is 15.5. The third-order valence-electron chi connectivity index (χ3n) is 2.92. The lowest BCUT2D eigenvalue weighted by Gasteiger charge is -2.02. The normalized spacial score (nSPS) is 9.58. The minimum Gasteiger partial charge on any atom is -0.469 e. The van der Waals surface area contributed by atoms with E-state index < -0.39 is 0 Å². The molecule has 2 rings (SSSR count). The Kier molecular flexibility index (Phi) is 10.3. The van der Waals surface area contributed by atoms with Crippen LogP contribution in [0.1, 0.15) is 28.2 Å². The summed E-state index contributed by atoms with van der Waals surface area (Å²) in [4.78, 5) is 27.9. The van der Waals surface area contributed by atoms with Gasteiger partial charge in [-0.25, -0.2) is 4.98 Å². The van der Waals surface area contributed by atoms with Crippen molar-refractivity contribution in [1.82, 2.24) is 10.3 Å². The van der Waals surface area contributed by atoms with Crippen LogP contribution >= 0.6 is 36.2 Å². The van der Waals surface area contributed by atoms with Gasteiger partial charge in [0.05, 0.1) is 23.9 Å². The first kappa shape index (κ1) is 22.4. The molecule has 0 atom stereocenters. The molecule has 2 heterocycles. The number of hydrogen-bond acceptors (Lipinski definition) is 6. The average Bonchev–Trinajstić information content (AvgIpc) is 3.08. The Bertz CT molecular complexity index is 660. The maximum atomic E-state index is 12.0. The quantitative estimate of drug-likeness (QED) is 0.623. The molecule has 24 heavy (non-hydrogen) atoms. The molecule has 134 valence electrons. The molecule has 0 aliphatic rings. The smallest absolute Gasteiger partial charge is 0.260 e. The van der Waals surface area contributed by atoms with Crippen LogP contribution in [0, 0.1) is 6.92 Å². The summed E-state index contributed by atoms with van der Waals surface area (Å²) in [5.74, 6) is 0.162. The summed E-state index contributed by atoms with van der Waals surface area (Å²) in [6.07, 6.45) is 2.39. The number of halogens is 2. The number of aromatic nitrogens is 1. The third-order valence-corrected chi connectivity index (χ3v) is 3.73. The predicted octanol–water partition coefficient (Wildman–Crippen LogP) is 2.15. The van der Waals surface area contributed by atoms with Crippen molar-refractivity contribution in [3.63, 3.8) is 0 Å². The van der Waals surface area contributed by atoms with E-state index in [1.807, 2.05) is 0 Å². The van der Waals surface area contributed by atoms with E-state index in [-0.39, 0.29) is 43.0 Å². The SMILES string of the molecule is Cc1occc1C(=O)Nc1nc(CC(=O)NCCCN)cs1.Cl.Cl. The molecule has 2 aromatic rings. The summed E-state index contributed by atoms with van der Waals surface area (Å²) >= 11 is 1.28. The van der Waals surface area contributed by atoms with Crippen LogP contribution in [0.3, 0.4) is 0 Å². The fourth-order valence-electron chi connectivity index (χ4n) is 1.79. The molecule has 0 spiro atoms. The van der Waals surface area contributed by atoms with Crippen LogP contribution in [0.4, 0.5) is 5.13 Å². The van der Waals surface area contributed by atoms with Gasteiger partial charge >= 0.3 is 0 Å². The molecule has 2 aromatic heterocycles. The Morgan fingerprint density at radius 1 is 1.38 bits per heavy atom. The van der Waals surface area contributed by atoms with E-state index in [0.717, 1.165) is 6.42 Å². The number of rotatable bonds is 7. The van der Waals surface area contributed by atoms with E-state index in [1.54, 1.807) is 18.4 Å². The Morgan fingerprint density at radius 2 is 2.12 bits per heavy atom. The van der Waals surface area contributed by atoms with E-state index in [2.05, 4.69) is 15.6 Å². The second-order valence-corrected chi connectivity index (χ2v) is 5.52. The maximum absolute atomic E-state index is 12.0. The molecule has 0 unspecified atom stereocenters. The van der Waals surface area contributed by atoms with Gasteiger partial charge in [-0.15, -0.1) is 36.2 Å². The standard InChI is InChI=1S/C14H18N4O3S.2ClH/c1-9-11(3-6-21-9)13(20)18-14-17-10(8-22-14)7-12(19)16-5-2-4-15;;/h3,6,8H,2,4-5,7,15H2,1H3,(H,16,19)(H,17,18,20);2*1H. The van der Waals surface area contributed by atoms with E-state index in [9.17, 15) is 9.59 Å². The molecule has 4 N–H and O–H groups in total. The topological polar surface area (TPSA) is 110 Å². The van der Waals surface area contributed by atoms with Gasteiger partial charge in [0.25, 0.3) is 5.91 Å². The monoisotopic (exact) mass is 394 g/mol. The summed E-state index contributed by atoms with van der Waals surface area (Å²) in [5.41, 5.74) is 6.45. The van der Waals surface area contributed by atoms with Crippen LogP contribution in [-0.4, -0.2) is 29.9 Å². The highest BCUT2D eigenvalue weighted by Crippen LogP contribution is 2.18. The number of nitrogens with zero attached hydrogens (tertiary/aromatic N) is 1. The van der Waals surface area contributed by atoms with Crippen molar-refractivity contribution in [3.8, 4) is 0 Å². The van der Waals surface area contributed by atoms with Gasteiger partial charge in [-0.05, 0) is 26.0 Å². The Morgan fingerprint density at radius 3 is 2.75 bits per heavy atom. The molecule has 0 aromatic carbocycles. The summed E-state index contributed by atoms with van der Waals surface area (Å²) < 4.78 is 5.09. The van der Waals surface area contributed by atoms with Crippen molar-refractivity contribution in [3.05, 3.63) is 34.7 Å². The number of nitrogens with two attached hydrogens (primary N) is 1. The summed E-state index contributed by atoms with van der Waals surface area (Å²) in [6.45, 7) is 2.82. The first-order valence-corrected chi connectivity index (χ1v) is 7.74. The first-order valence-electron chi connectivity index (χ1n) is 6.86. The van der Waals surface area contributed by atoms with Crippen LogP contribution in [0.25, 0.3) is 0 Å². The van der Waals surface area contributed by atoms with Gasteiger partial charge in [-0.1, -0.05) is 0 Å². The Labute approximate surface area is 156 Å². The van der Waals surface area contributed by atoms with Crippen LogP contribution in [-0.2, 0) is 11.2 Å². The minimum absolute atomic E-state index is 0. The highest BCUT2D eigenvalue weighted by Gasteiger charge is 2.14. The Balaban J connectivity index is 0.00000264. The fraction of sp³-hybridized carbons (Fsp3) is 0.357. The molecule has 7 nitrogen and oxygen atoms in total. The molecule has 0 fully saturated rings. The molecule has 0 aliphatic carbocycles. The second-order valence-electron chi connectivity index (χ2n) is 4.66. The van der Waals surface area contributed by atoms with Crippen molar-refractivity contribution < 1.29 is 14.0 Å². The van der Waals surface area contributed by atoms with Gasteiger partial charge in [-0.2, -0.15) is 0 Å². The van der Waals surface area contributed by atoms with Crippen LogP contribution in [0.15, 0.2) is 22.1 Å². The molecule has 0 aliphatic heterocycles. The summed E-state index contributed by atoms with van der Waals surface area (Å²) in [5, 5.41) is 7.65. The van der Waals surface area contributed by atoms with Crippen LogP contribution in [0.2, 0.25) is 0 Å². The van der Waals surface area contributed by atoms with Gasteiger partial charge in [-0.3, -0.25) is 14.9 Å². The van der Waals surface area contributed by atoms with Crippen molar-refractivity contribution in [2.45, 2.75) is 19.8 Å². The van der Waals surface area contributed by atoms with Gasteiger partial charge in [0, 0.05) is 11.9 Å². The zero-order chi connectivity index (χ0) is 15.9. The van der Waals surface area contributed by atoms with Gasteiger partial charge in [0.1, 0.15) is 5.76 Å². The lowest BCUT2D eigenvalue weighted by Crippen LogP contribution is -2.27. The number of furan rings is 1. The van der Waals surface area contributed by atoms with Crippen LogP contribution in [0.5, 0.6) is 0 Å². The highest BCUT2D eigenvalue weighted by molar-refractivity contribution is 7.14. The third kappa shape index (κ3) is 6.48. The number of aryl methyl sites for hydroxylation is 1. The Hall–Kier alpha value is -1.61. The molecule has 0 bridgehead atoms.